The highest BCUT2D eigenvalue weighted by Crippen LogP contribution is 2.49. The van der Waals surface area contributed by atoms with E-state index in [9.17, 15) is 5.26 Å². The molecule has 0 heterocycles. The lowest BCUT2D eigenvalue weighted by atomic mass is 9.97. The van der Waals surface area contributed by atoms with Crippen LogP contribution in [0.2, 0.25) is 0 Å². The van der Waals surface area contributed by atoms with Crippen LogP contribution in [0.1, 0.15) is 18.4 Å². The Kier molecular flexibility index (Phi) is 3.72. The molecule has 0 aromatic heterocycles. The molecule has 0 bridgehead atoms. The van der Waals surface area contributed by atoms with Crippen molar-refractivity contribution in [3.05, 3.63) is 17.7 Å². The fourth-order valence-corrected chi connectivity index (χ4v) is 2.64. The standard InChI is InChI=1S/C14H17NO2S/c1-16-11-7-13(18-3)12(17-2)6-10(11)8-14(9-15)4-5-14/h6-7H,4-5,8H2,1-3H3. The molecule has 1 saturated carbocycles. The Morgan fingerprint density at radius 2 is 1.94 bits per heavy atom. The molecule has 2 rings (SSSR count). The summed E-state index contributed by atoms with van der Waals surface area (Å²) in [5, 5.41) is 9.18. The van der Waals surface area contributed by atoms with Gasteiger partial charge in [0.2, 0.25) is 0 Å². The lowest BCUT2D eigenvalue weighted by Gasteiger charge is -2.15. The topological polar surface area (TPSA) is 42.2 Å². The van der Waals surface area contributed by atoms with E-state index in [1.165, 1.54) is 0 Å². The molecule has 0 spiro atoms. The number of nitriles is 1. The highest BCUT2D eigenvalue weighted by Gasteiger charge is 2.43. The van der Waals surface area contributed by atoms with Crippen LogP contribution in [0.3, 0.4) is 0 Å². The highest BCUT2D eigenvalue weighted by molar-refractivity contribution is 7.98. The van der Waals surface area contributed by atoms with E-state index in [4.69, 9.17) is 9.47 Å². The third-order valence-corrected chi connectivity index (χ3v) is 4.17. The molecule has 18 heavy (non-hydrogen) atoms. The Hall–Kier alpha value is -1.34. The van der Waals surface area contributed by atoms with E-state index in [-0.39, 0.29) is 5.41 Å². The fourth-order valence-electron chi connectivity index (χ4n) is 2.07. The lowest BCUT2D eigenvalue weighted by molar-refractivity contribution is 0.388. The van der Waals surface area contributed by atoms with E-state index >= 15 is 0 Å². The smallest absolute Gasteiger partial charge is 0.132 e. The van der Waals surface area contributed by atoms with Gasteiger partial charge >= 0.3 is 0 Å². The first-order valence-electron chi connectivity index (χ1n) is 5.88. The van der Waals surface area contributed by atoms with Gasteiger partial charge in [0.25, 0.3) is 0 Å². The van der Waals surface area contributed by atoms with E-state index in [0.29, 0.717) is 0 Å². The van der Waals surface area contributed by atoms with Gasteiger partial charge in [-0.2, -0.15) is 5.26 Å². The van der Waals surface area contributed by atoms with Crippen LogP contribution in [-0.2, 0) is 6.42 Å². The molecule has 0 unspecified atom stereocenters. The SMILES string of the molecule is COc1cc(SC)c(OC)cc1CC1(C#N)CC1. The number of rotatable bonds is 5. The van der Waals surface area contributed by atoms with Crippen molar-refractivity contribution in [1.82, 2.24) is 0 Å². The molecule has 0 aliphatic heterocycles. The number of ether oxygens (including phenoxy) is 2. The Morgan fingerprint density at radius 1 is 1.28 bits per heavy atom. The molecule has 96 valence electrons. The van der Waals surface area contributed by atoms with Gasteiger partial charge in [-0.05, 0) is 43.2 Å². The number of benzene rings is 1. The van der Waals surface area contributed by atoms with Crippen molar-refractivity contribution in [1.29, 1.82) is 5.26 Å². The first-order chi connectivity index (χ1) is 8.68. The maximum atomic E-state index is 9.18. The summed E-state index contributed by atoms with van der Waals surface area (Å²) in [7, 11) is 3.34. The van der Waals surface area contributed by atoms with Crippen LogP contribution in [0.5, 0.6) is 11.5 Å². The number of hydrogen-bond donors (Lipinski definition) is 0. The fraction of sp³-hybridized carbons (Fsp3) is 0.500. The normalized spacial score (nSPS) is 15.9. The molecular weight excluding hydrogens is 246 g/mol. The summed E-state index contributed by atoms with van der Waals surface area (Å²) in [6.45, 7) is 0. The molecule has 0 atom stereocenters. The summed E-state index contributed by atoms with van der Waals surface area (Å²) in [5.41, 5.74) is 0.894. The van der Waals surface area contributed by atoms with Crippen LogP contribution in [0, 0.1) is 16.7 Å². The second-order valence-electron chi connectivity index (χ2n) is 4.59. The quantitative estimate of drug-likeness (QED) is 0.765. The van der Waals surface area contributed by atoms with E-state index < -0.39 is 0 Å². The van der Waals surface area contributed by atoms with E-state index in [1.54, 1.807) is 26.0 Å². The summed E-state index contributed by atoms with van der Waals surface area (Å²) in [5.74, 6) is 1.70. The van der Waals surface area contributed by atoms with Crippen molar-refractivity contribution in [2.75, 3.05) is 20.5 Å². The van der Waals surface area contributed by atoms with Crippen LogP contribution in [0.25, 0.3) is 0 Å². The van der Waals surface area contributed by atoms with Crippen molar-refractivity contribution < 1.29 is 9.47 Å². The zero-order valence-electron chi connectivity index (χ0n) is 10.9. The first-order valence-corrected chi connectivity index (χ1v) is 7.10. The molecular formula is C14H17NO2S. The Balaban J connectivity index is 2.36. The molecule has 0 saturated heterocycles. The average molecular weight is 263 g/mol. The van der Waals surface area contributed by atoms with Crippen molar-refractivity contribution in [3.8, 4) is 17.6 Å². The van der Waals surface area contributed by atoms with Gasteiger partial charge in [0, 0.05) is 0 Å². The van der Waals surface area contributed by atoms with Crippen molar-refractivity contribution in [2.45, 2.75) is 24.2 Å². The van der Waals surface area contributed by atoms with Crippen LogP contribution >= 0.6 is 11.8 Å². The summed E-state index contributed by atoms with van der Waals surface area (Å²) < 4.78 is 10.8. The highest BCUT2D eigenvalue weighted by atomic mass is 32.2. The van der Waals surface area contributed by atoms with Crippen LogP contribution in [0.15, 0.2) is 17.0 Å². The van der Waals surface area contributed by atoms with Gasteiger partial charge in [-0.25, -0.2) is 0 Å². The maximum Gasteiger partial charge on any atom is 0.132 e. The van der Waals surface area contributed by atoms with Gasteiger partial charge in [0.1, 0.15) is 11.5 Å². The summed E-state index contributed by atoms with van der Waals surface area (Å²) in [6.07, 6.45) is 4.73. The molecule has 4 heteroatoms. The minimum absolute atomic E-state index is 0.167. The minimum atomic E-state index is -0.167. The Morgan fingerprint density at radius 3 is 2.39 bits per heavy atom. The Labute approximate surface area is 112 Å². The Bertz CT molecular complexity index is 489. The number of thioether (sulfide) groups is 1. The molecule has 0 radical (unpaired) electrons. The second kappa shape index (κ2) is 5.11. The van der Waals surface area contributed by atoms with Crippen LogP contribution in [0.4, 0.5) is 0 Å². The number of nitrogens with zero attached hydrogens (tertiary/aromatic N) is 1. The summed E-state index contributed by atoms with van der Waals surface area (Å²) >= 11 is 1.63. The third kappa shape index (κ3) is 2.41. The number of methoxy groups -OCH3 is 2. The zero-order valence-corrected chi connectivity index (χ0v) is 11.8. The molecule has 1 fully saturated rings. The zero-order chi connectivity index (χ0) is 13.2. The predicted octanol–water partition coefficient (Wildman–Crippen LogP) is 3.27. The third-order valence-electron chi connectivity index (χ3n) is 3.41. The number of hydrogen-bond acceptors (Lipinski definition) is 4. The van der Waals surface area contributed by atoms with Crippen molar-refractivity contribution >= 4 is 11.8 Å². The molecule has 3 nitrogen and oxygen atoms in total. The van der Waals surface area contributed by atoms with Gasteiger partial charge in [-0.1, -0.05) is 0 Å². The van der Waals surface area contributed by atoms with Gasteiger partial charge in [0.05, 0.1) is 30.6 Å². The van der Waals surface area contributed by atoms with E-state index in [2.05, 4.69) is 6.07 Å². The maximum absolute atomic E-state index is 9.18. The summed E-state index contributed by atoms with van der Waals surface area (Å²) in [4.78, 5) is 1.06. The monoisotopic (exact) mass is 263 g/mol. The van der Waals surface area contributed by atoms with Crippen molar-refractivity contribution in [3.63, 3.8) is 0 Å². The van der Waals surface area contributed by atoms with Crippen molar-refractivity contribution in [2.24, 2.45) is 5.41 Å². The molecule has 0 amide bonds. The largest absolute Gasteiger partial charge is 0.496 e. The minimum Gasteiger partial charge on any atom is -0.496 e. The van der Waals surface area contributed by atoms with Gasteiger partial charge in [-0.3, -0.25) is 0 Å². The van der Waals surface area contributed by atoms with Gasteiger partial charge < -0.3 is 9.47 Å². The van der Waals surface area contributed by atoms with Gasteiger partial charge in [0.15, 0.2) is 0 Å². The van der Waals surface area contributed by atoms with Crippen LogP contribution < -0.4 is 9.47 Å². The second-order valence-corrected chi connectivity index (χ2v) is 5.44. The van der Waals surface area contributed by atoms with Crippen LogP contribution in [-0.4, -0.2) is 20.5 Å². The molecule has 1 aliphatic carbocycles. The molecule has 1 aromatic rings. The molecule has 1 aliphatic rings. The van der Waals surface area contributed by atoms with E-state index in [1.807, 2.05) is 18.4 Å². The lowest BCUT2D eigenvalue weighted by Crippen LogP contribution is -2.04. The van der Waals surface area contributed by atoms with Gasteiger partial charge in [-0.15, -0.1) is 11.8 Å². The molecule has 0 N–H and O–H groups in total. The summed E-state index contributed by atoms with van der Waals surface area (Å²) in [6, 6.07) is 6.41. The van der Waals surface area contributed by atoms with E-state index in [0.717, 1.165) is 41.2 Å². The molecule has 1 aromatic carbocycles. The average Bonchev–Trinajstić information content (AvgIpc) is 3.18. The predicted molar refractivity (Wildman–Crippen MR) is 72.3 cm³/mol. The first kappa shape index (κ1) is 13.1.